The van der Waals surface area contributed by atoms with Gasteiger partial charge in [0.2, 0.25) is 11.8 Å². The second-order valence-electron chi connectivity index (χ2n) is 8.25. The third kappa shape index (κ3) is 6.45. The molecule has 1 aliphatic rings. The van der Waals surface area contributed by atoms with Gasteiger partial charge in [0.1, 0.15) is 6.04 Å². The number of hydrogen-bond donors (Lipinski definition) is 1. The van der Waals surface area contributed by atoms with E-state index in [0.717, 1.165) is 24.8 Å². The highest BCUT2D eigenvalue weighted by atomic mass is 16.2. The third-order valence-electron chi connectivity index (χ3n) is 6.02. The molecule has 0 aliphatic heterocycles. The maximum absolute atomic E-state index is 13.3. The number of nitrogens with zero attached hydrogens (tertiary/aromatic N) is 1. The van der Waals surface area contributed by atoms with Crippen LogP contribution >= 0.6 is 0 Å². The van der Waals surface area contributed by atoms with Crippen LogP contribution in [0.4, 0.5) is 0 Å². The molecule has 1 N–H and O–H groups in total. The second-order valence-corrected chi connectivity index (χ2v) is 8.25. The van der Waals surface area contributed by atoms with E-state index in [2.05, 4.69) is 17.4 Å². The molecule has 0 saturated heterocycles. The fourth-order valence-electron chi connectivity index (χ4n) is 4.31. The SMILES string of the molecule is CC[C@H](C(=O)NC1CCCCC1)N(CCc1ccccc1)C(=O)Cc1ccccc1. The van der Waals surface area contributed by atoms with Crippen molar-refractivity contribution < 1.29 is 9.59 Å². The molecule has 2 aromatic rings. The van der Waals surface area contributed by atoms with Crippen molar-refractivity contribution in [2.75, 3.05) is 6.54 Å². The lowest BCUT2D eigenvalue weighted by atomic mass is 9.95. The lowest BCUT2D eigenvalue weighted by molar-refractivity contribution is -0.140. The molecule has 2 amide bonds. The molecule has 3 rings (SSSR count). The van der Waals surface area contributed by atoms with Crippen molar-refractivity contribution in [3.8, 4) is 0 Å². The number of rotatable bonds is 9. The van der Waals surface area contributed by atoms with Crippen LogP contribution in [0.25, 0.3) is 0 Å². The summed E-state index contributed by atoms with van der Waals surface area (Å²) in [5.41, 5.74) is 2.16. The highest BCUT2D eigenvalue weighted by molar-refractivity contribution is 5.88. The van der Waals surface area contributed by atoms with Crippen molar-refractivity contribution in [3.05, 3.63) is 71.8 Å². The Bertz CT molecular complexity index is 785. The van der Waals surface area contributed by atoms with E-state index in [9.17, 15) is 9.59 Å². The fourth-order valence-corrected chi connectivity index (χ4v) is 4.31. The van der Waals surface area contributed by atoms with Gasteiger partial charge in [-0.2, -0.15) is 0 Å². The van der Waals surface area contributed by atoms with Gasteiger partial charge in [-0.3, -0.25) is 9.59 Å². The Morgan fingerprint density at radius 2 is 1.53 bits per heavy atom. The molecule has 0 aromatic heterocycles. The zero-order chi connectivity index (χ0) is 21.2. The minimum absolute atomic E-state index is 0.00104. The van der Waals surface area contributed by atoms with Crippen molar-refractivity contribution in [1.29, 1.82) is 0 Å². The van der Waals surface area contributed by atoms with Crippen LogP contribution in [0.15, 0.2) is 60.7 Å². The van der Waals surface area contributed by atoms with E-state index in [0.29, 0.717) is 19.4 Å². The maximum atomic E-state index is 13.3. The number of benzene rings is 2. The van der Waals surface area contributed by atoms with Gasteiger partial charge in [-0.15, -0.1) is 0 Å². The smallest absolute Gasteiger partial charge is 0.243 e. The first-order valence-corrected chi connectivity index (χ1v) is 11.3. The lowest BCUT2D eigenvalue weighted by Crippen LogP contribution is -2.52. The van der Waals surface area contributed by atoms with Gasteiger partial charge in [0, 0.05) is 12.6 Å². The van der Waals surface area contributed by atoms with Crippen LogP contribution in [0, 0.1) is 0 Å². The van der Waals surface area contributed by atoms with E-state index in [1.165, 1.54) is 24.8 Å². The zero-order valence-corrected chi connectivity index (χ0v) is 18.1. The summed E-state index contributed by atoms with van der Waals surface area (Å²) in [5, 5.41) is 3.23. The van der Waals surface area contributed by atoms with Gasteiger partial charge in [-0.1, -0.05) is 86.8 Å². The van der Waals surface area contributed by atoms with Crippen LogP contribution in [0.3, 0.4) is 0 Å². The fraction of sp³-hybridized carbons (Fsp3) is 0.462. The average Bonchev–Trinajstić information content (AvgIpc) is 2.78. The highest BCUT2D eigenvalue weighted by Gasteiger charge is 2.29. The van der Waals surface area contributed by atoms with Crippen molar-refractivity contribution in [3.63, 3.8) is 0 Å². The summed E-state index contributed by atoms with van der Waals surface area (Å²) < 4.78 is 0. The van der Waals surface area contributed by atoms with E-state index in [1.54, 1.807) is 4.90 Å². The van der Waals surface area contributed by atoms with Crippen LogP contribution in [0.5, 0.6) is 0 Å². The Morgan fingerprint density at radius 3 is 2.13 bits per heavy atom. The molecule has 0 heterocycles. The normalized spacial score (nSPS) is 15.4. The molecule has 4 heteroatoms. The van der Waals surface area contributed by atoms with Crippen LogP contribution < -0.4 is 5.32 Å². The number of amides is 2. The average molecular weight is 407 g/mol. The van der Waals surface area contributed by atoms with Crippen LogP contribution in [-0.2, 0) is 22.4 Å². The van der Waals surface area contributed by atoms with Crippen LogP contribution in [0.2, 0.25) is 0 Å². The lowest BCUT2D eigenvalue weighted by Gasteiger charge is -2.33. The molecular formula is C26H34N2O2. The first-order chi connectivity index (χ1) is 14.7. The number of carbonyl (C=O) groups excluding carboxylic acids is 2. The molecule has 0 unspecified atom stereocenters. The zero-order valence-electron chi connectivity index (χ0n) is 18.1. The van der Waals surface area contributed by atoms with Gasteiger partial charge in [-0.25, -0.2) is 0 Å². The molecule has 1 atom stereocenters. The van der Waals surface area contributed by atoms with Crippen molar-refractivity contribution in [2.24, 2.45) is 0 Å². The molecule has 2 aromatic carbocycles. The van der Waals surface area contributed by atoms with Crippen molar-refractivity contribution in [1.82, 2.24) is 10.2 Å². The Morgan fingerprint density at radius 1 is 0.933 bits per heavy atom. The predicted molar refractivity (Wildman–Crippen MR) is 121 cm³/mol. The van der Waals surface area contributed by atoms with Gasteiger partial charge in [-0.05, 0) is 36.8 Å². The summed E-state index contributed by atoms with van der Waals surface area (Å²) in [7, 11) is 0. The summed E-state index contributed by atoms with van der Waals surface area (Å²) in [6.45, 7) is 2.54. The third-order valence-corrected chi connectivity index (χ3v) is 6.02. The summed E-state index contributed by atoms with van der Waals surface area (Å²) in [6, 6.07) is 19.8. The number of nitrogens with one attached hydrogen (secondary N) is 1. The Hall–Kier alpha value is -2.62. The van der Waals surface area contributed by atoms with Gasteiger partial charge >= 0.3 is 0 Å². The molecule has 4 nitrogen and oxygen atoms in total. The molecule has 30 heavy (non-hydrogen) atoms. The monoisotopic (exact) mass is 406 g/mol. The van der Waals surface area contributed by atoms with E-state index in [-0.39, 0.29) is 17.9 Å². The van der Waals surface area contributed by atoms with E-state index in [4.69, 9.17) is 0 Å². The molecule has 0 bridgehead atoms. The molecule has 1 saturated carbocycles. The molecule has 0 spiro atoms. The minimum atomic E-state index is -0.424. The molecule has 1 aliphatic carbocycles. The van der Waals surface area contributed by atoms with Crippen molar-refractivity contribution >= 4 is 11.8 Å². The van der Waals surface area contributed by atoms with E-state index >= 15 is 0 Å². The largest absolute Gasteiger partial charge is 0.352 e. The standard InChI is InChI=1S/C26H34N2O2/c1-2-24(26(30)27-23-16-10-5-11-17-23)28(19-18-21-12-6-3-7-13-21)25(29)20-22-14-8-4-9-15-22/h3-4,6-9,12-15,23-24H,2,5,10-11,16-20H2,1H3,(H,27,30)/t24-/m1/s1. The summed E-state index contributed by atoms with van der Waals surface area (Å²) in [5.74, 6) is 0.0154. The minimum Gasteiger partial charge on any atom is -0.352 e. The van der Waals surface area contributed by atoms with Crippen LogP contribution in [0.1, 0.15) is 56.6 Å². The van der Waals surface area contributed by atoms with Gasteiger partial charge in [0.15, 0.2) is 0 Å². The van der Waals surface area contributed by atoms with Gasteiger partial charge in [0.05, 0.1) is 6.42 Å². The first-order valence-electron chi connectivity index (χ1n) is 11.3. The molecule has 160 valence electrons. The molecular weight excluding hydrogens is 372 g/mol. The van der Waals surface area contributed by atoms with E-state index < -0.39 is 6.04 Å². The Balaban J connectivity index is 1.72. The molecule has 1 fully saturated rings. The number of hydrogen-bond acceptors (Lipinski definition) is 2. The maximum Gasteiger partial charge on any atom is 0.243 e. The predicted octanol–water partition coefficient (Wildman–Crippen LogP) is 4.53. The summed E-state index contributed by atoms with van der Waals surface area (Å²) in [6.07, 6.45) is 7.38. The highest BCUT2D eigenvalue weighted by Crippen LogP contribution is 2.19. The van der Waals surface area contributed by atoms with Gasteiger partial charge in [0.25, 0.3) is 0 Å². The molecule has 0 radical (unpaired) electrons. The second kappa shape index (κ2) is 11.5. The first kappa shape index (κ1) is 22.1. The summed E-state index contributed by atoms with van der Waals surface area (Å²) >= 11 is 0. The van der Waals surface area contributed by atoms with Crippen LogP contribution in [-0.4, -0.2) is 35.3 Å². The summed E-state index contributed by atoms with van der Waals surface area (Å²) in [4.78, 5) is 28.2. The Kier molecular flexibility index (Phi) is 8.49. The number of carbonyl (C=O) groups is 2. The Labute approximate surface area is 180 Å². The van der Waals surface area contributed by atoms with Gasteiger partial charge < -0.3 is 10.2 Å². The van der Waals surface area contributed by atoms with Crippen molar-refractivity contribution in [2.45, 2.75) is 70.4 Å². The topological polar surface area (TPSA) is 49.4 Å². The quantitative estimate of drug-likeness (QED) is 0.665. The van der Waals surface area contributed by atoms with E-state index in [1.807, 2.05) is 55.5 Å².